The number of nitrogen functional groups attached to an aromatic ring is 1. The lowest BCUT2D eigenvalue weighted by atomic mass is 10.1. The van der Waals surface area contributed by atoms with Crippen molar-refractivity contribution in [2.45, 2.75) is 24.4 Å². The number of anilines is 1. The van der Waals surface area contributed by atoms with Gasteiger partial charge in [0.15, 0.2) is 16.9 Å². The average Bonchev–Trinajstić information content (AvgIpc) is 3.16. The van der Waals surface area contributed by atoms with E-state index in [1.807, 2.05) is 0 Å². The van der Waals surface area contributed by atoms with Crippen LogP contribution in [0.3, 0.4) is 0 Å². The zero-order valence-electron chi connectivity index (χ0n) is 13.8. The van der Waals surface area contributed by atoms with E-state index < -0.39 is 35.0 Å². The summed E-state index contributed by atoms with van der Waals surface area (Å²) in [5.74, 6) is -2.45. The molecule has 3 unspecified atom stereocenters. The fourth-order valence-corrected chi connectivity index (χ4v) is 4.46. The molecule has 0 aromatic carbocycles. The van der Waals surface area contributed by atoms with Gasteiger partial charge < -0.3 is 31.4 Å². The fourth-order valence-electron chi connectivity index (χ4n) is 2.60. The Hall–Kier alpha value is -2.80. The summed E-state index contributed by atoms with van der Waals surface area (Å²) < 4.78 is 5.10. The van der Waals surface area contributed by atoms with Crippen molar-refractivity contribution in [1.82, 2.24) is 15.6 Å². The van der Waals surface area contributed by atoms with E-state index in [1.165, 1.54) is 17.1 Å². The Kier molecular flexibility index (Phi) is 5.23. The van der Waals surface area contributed by atoms with E-state index in [4.69, 9.17) is 15.7 Å². The molecule has 6 N–H and O–H groups in total. The van der Waals surface area contributed by atoms with Gasteiger partial charge in [0.2, 0.25) is 0 Å². The minimum absolute atomic E-state index is 0.0177. The minimum atomic E-state index is -1.41. The molecule has 0 fully saturated rings. The van der Waals surface area contributed by atoms with Gasteiger partial charge in [-0.2, -0.15) is 0 Å². The van der Waals surface area contributed by atoms with Gasteiger partial charge in [-0.05, 0) is 6.92 Å². The number of aliphatic carboxylic acids is 1. The molecule has 27 heavy (non-hydrogen) atoms. The molecule has 0 radical (unpaired) electrons. The van der Waals surface area contributed by atoms with E-state index in [2.05, 4.69) is 20.8 Å². The summed E-state index contributed by atoms with van der Waals surface area (Å²) in [5, 5.41) is 27.4. The molecular weight excluding hydrogens is 398 g/mol. The summed E-state index contributed by atoms with van der Waals surface area (Å²) in [5.41, 5.74) is 6.00. The molecule has 0 saturated heterocycles. The van der Waals surface area contributed by atoms with Gasteiger partial charge in [0, 0.05) is 16.7 Å². The van der Waals surface area contributed by atoms with E-state index in [0.717, 1.165) is 16.9 Å². The van der Waals surface area contributed by atoms with E-state index in [9.17, 15) is 19.5 Å². The first-order valence-corrected chi connectivity index (χ1v) is 9.54. The van der Waals surface area contributed by atoms with Crippen LogP contribution in [-0.4, -0.2) is 62.1 Å². The molecular formula is C14H15N5O6S2. The molecule has 13 heteroatoms. The van der Waals surface area contributed by atoms with Gasteiger partial charge in [0.25, 0.3) is 5.91 Å². The third-order valence-corrected chi connectivity index (χ3v) is 5.84. The number of carbonyl (C=O) groups excluding carboxylic acids is 2. The zero-order valence-corrected chi connectivity index (χ0v) is 15.5. The molecule has 1 aromatic heterocycles. The summed E-state index contributed by atoms with van der Waals surface area (Å²) in [7, 11) is 0. The third-order valence-electron chi connectivity index (χ3n) is 3.94. The predicted molar refractivity (Wildman–Crippen MR) is 96.4 cm³/mol. The third kappa shape index (κ3) is 3.68. The van der Waals surface area contributed by atoms with Crippen molar-refractivity contribution in [3.8, 4) is 0 Å². The maximum atomic E-state index is 12.4. The van der Waals surface area contributed by atoms with Gasteiger partial charge in [0.1, 0.15) is 22.9 Å². The van der Waals surface area contributed by atoms with Crippen LogP contribution in [0.2, 0.25) is 0 Å². The first kappa shape index (κ1) is 19.0. The number of nitrogens with one attached hydrogen (secondary N) is 2. The summed E-state index contributed by atoms with van der Waals surface area (Å²) in [6, 6.07) is -1.41. The molecule has 144 valence electrons. The predicted octanol–water partition coefficient (Wildman–Crippen LogP) is -0.665. The van der Waals surface area contributed by atoms with E-state index in [-0.39, 0.29) is 22.6 Å². The Morgan fingerprint density at radius 2 is 2.30 bits per heavy atom. The number of aromatic nitrogens is 1. The summed E-state index contributed by atoms with van der Waals surface area (Å²) in [6.45, 7) is 1.73. The molecule has 0 bridgehead atoms. The Labute approximate surface area is 160 Å². The lowest BCUT2D eigenvalue weighted by molar-refractivity contribution is -0.142. The summed E-state index contributed by atoms with van der Waals surface area (Å²) >= 11 is 2.24. The number of ether oxygens (including phenoxy) is 1. The minimum Gasteiger partial charge on any atom is -0.480 e. The number of carboxylic acid groups (broad SMARTS) is 1. The lowest BCUT2D eigenvalue weighted by Crippen LogP contribution is -2.55. The largest absolute Gasteiger partial charge is 0.480 e. The number of amides is 1. The van der Waals surface area contributed by atoms with Crippen molar-refractivity contribution in [3.05, 3.63) is 22.3 Å². The van der Waals surface area contributed by atoms with E-state index >= 15 is 0 Å². The number of thioether (sulfide) groups is 1. The molecule has 0 aliphatic carbocycles. The Morgan fingerprint density at radius 3 is 2.89 bits per heavy atom. The Bertz CT molecular complexity index is 866. The Balaban J connectivity index is 1.77. The van der Waals surface area contributed by atoms with Crippen molar-refractivity contribution < 1.29 is 29.4 Å². The number of cyclic esters (lactones) is 1. The number of rotatable bonds is 5. The number of oxime groups is 1. The van der Waals surface area contributed by atoms with E-state index in [0.29, 0.717) is 5.75 Å². The molecule has 3 heterocycles. The number of nitrogens with two attached hydrogens (primary N) is 1. The van der Waals surface area contributed by atoms with Gasteiger partial charge >= 0.3 is 11.9 Å². The van der Waals surface area contributed by atoms with Gasteiger partial charge in [-0.15, -0.1) is 23.1 Å². The monoisotopic (exact) mass is 413 g/mol. The van der Waals surface area contributed by atoms with Crippen LogP contribution >= 0.6 is 23.1 Å². The van der Waals surface area contributed by atoms with Crippen LogP contribution in [0, 0.1) is 0 Å². The second kappa shape index (κ2) is 7.44. The van der Waals surface area contributed by atoms with E-state index in [1.54, 1.807) is 6.92 Å². The first-order chi connectivity index (χ1) is 12.8. The quantitative estimate of drug-likeness (QED) is 0.180. The van der Waals surface area contributed by atoms with Gasteiger partial charge in [0.05, 0.1) is 0 Å². The molecule has 1 aromatic rings. The second-order valence-electron chi connectivity index (χ2n) is 5.63. The number of nitrogens with zero attached hydrogens (tertiary/aromatic N) is 2. The van der Waals surface area contributed by atoms with Gasteiger partial charge in [-0.25, -0.2) is 14.6 Å². The van der Waals surface area contributed by atoms with Crippen LogP contribution < -0.4 is 16.4 Å². The average molecular weight is 413 g/mol. The standard InChI is InChI=1S/C14H15N5O6S2/c1-4-5-2-26-11(18-7(5)13(23)25-4)9(12(21)22)17-10(20)8(19-24)6-3-27-14(15)16-6/h3-4,9,11,18,24H,2H2,1H3,(H2,15,16)(H,17,20)(H,21,22). The zero-order chi connectivity index (χ0) is 19.7. The number of carboxylic acids is 1. The second-order valence-corrected chi connectivity index (χ2v) is 7.65. The van der Waals surface area contributed by atoms with Crippen molar-refractivity contribution in [2.24, 2.45) is 5.16 Å². The van der Waals surface area contributed by atoms with Crippen molar-refractivity contribution in [1.29, 1.82) is 0 Å². The van der Waals surface area contributed by atoms with Crippen molar-refractivity contribution in [2.75, 3.05) is 11.5 Å². The molecule has 3 atom stereocenters. The van der Waals surface area contributed by atoms with Crippen LogP contribution in [-0.2, 0) is 19.1 Å². The number of carbonyl (C=O) groups is 3. The van der Waals surface area contributed by atoms with Gasteiger partial charge in [-0.1, -0.05) is 5.16 Å². The number of esters is 1. The smallest absolute Gasteiger partial charge is 0.355 e. The highest BCUT2D eigenvalue weighted by Gasteiger charge is 2.41. The molecule has 2 aliphatic heterocycles. The summed E-state index contributed by atoms with van der Waals surface area (Å²) in [4.78, 5) is 39.8. The highest BCUT2D eigenvalue weighted by molar-refractivity contribution is 8.00. The normalized spacial score (nSPS) is 23.3. The maximum Gasteiger partial charge on any atom is 0.355 e. The van der Waals surface area contributed by atoms with Crippen LogP contribution in [0.1, 0.15) is 12.6 Å². The molecule has 3 rings (SSSR count). The molecule has 0 saturated carbocycles. The highest BCUT2D eigenvalue weighted by Crippen LogP contribution is 2.32. The molecule has 2 aliphatic rings. The molecule has 0 spiro atoms. The van der Waals surface area contributed by atoms with Crippen molar-refractivity contribution in [3.63, 3.8) is 0 Å². The number of hydrogen-bond acceptors (Lipinski definition) is 11. The highest BCUT2D eigenvalue weighted by atomic mass is 32.2. The van der Waals surface area contributed by atoms with Crippen LogP contribution in [0.25, 0.3) is 0 Å². The summed E-state index contributed by atoms with van der Waals surface area (Å²) in [6.07, 6.45) is -0.380. The topological polar surface area (TPSA) is 176 Å². The van der Waals surface area contributed by atoms with Crippen LogP contribution in [0.4, 0.5) is 5.13 Å². The van der Waals surface area contributed by atoms with Gasteiger partial charge in [-0.3, -0.25) is 4.79 Å². The lowest BCUT2D eigenvalue weighted by Gasteiger charge is -2.29. The SMILES string of the molecule is CC1OC(=O)C2=C1CSC(C(NC(=O)C(=NO)c1csc(N)n1)C(=O)O)N2. The van der Waals surface area contributed by atoms with Crippen LogP contribution in [0.5, 0.6) is 0 Å². The Morgan fingerprint density at radius 1 is 1.56 bits per heavy atom. The molecule has 11 nitrogen and oxygen atoms in total. The van der Waals surface area contributed by atoms with Crippen LogP contribution in [0.15, 0.2) is 21.8 Å². The maximum absolute atomic E-state index is 12.4. The first-order valence-electron chi connectivity index (χ1n) is 7.61. The fraction of sp³-hybridized carbons (Fsp3) is 0.357. The molecule has 1 amide bonds. The van der Waals surface area contributed by atoms with Crippen molar-refractivity contribution >= 4 is 51.8 Å². The number of hydrogen-bond donors (Lipinski definition) is 5. The number of thiazole rings is 1.